The Labute approximate surface area is 96.6 Å². The SMILES string of the molecule is CCc1cc2c(cc1OC)C(O)N(C)CC2. The van der Waals surface area contributed by atoms with Gasteiger partial charge in [0.2, 0.25) is 0 Å². The van der Waals surface area contributed by atoms with Gasteiger partial charge in [0.05, 0.1) is 7.11 Å². The fourth-order valence-electron chi connectivity index (χ4n) is 2.27. The molecule has 0 fully saturated rings. The van der Waals surface area contributed by atoms with E-state index < -0.39 is 6.23 Å². The minimum Gasteiger partial charge on any atom is -0.496 e. The molecule has 1 heterocycles. The van der Waals surface area contributed by atoms with E-state index in [1.807, 2.05) is 18.0 Å². The molecule has 0 saturated carbocycles. The number of hydrogen-bond acceptors (Lipinski definition) is 3. The van der Waals surface area contributed by atoms with Crippen molar-refractivity contribution in [1.29, 1.82) is 0 Å². The van der Waals surface area contributed by atoms with Crippen molar-refractivity contribution in [3.05, 3.63) is 28.8 Å². The monoisotopic (exact) mass is 221 g/mol. The number of methoxy groups -OCH3 is 1. The number of aliphatic hydroxyl groups is 1. The van der Waals surface area contributed by atoms with Crippen LogP contribution in [0, 0.1) is 0 Å². The van der Waals surface area contributed by atoms with Crippen LogP contribution in [-0.4, -0.2) is 30.7 Å². The Hall–Kier alpha value is -1.06. The number of nitrogens with zero attached hydrogens (tertiary/aromatic N) is 1. The highest BCUT2D eigenvalue weighted by Crippen LogP contribution is 2.32. The van der Waals surface area contributed by atoms with Crippen molar-refractivity contribution in [2.45, 2.75) is 26.0 Å². The molecule has 0 saturated heterocycles. The van der Waals surface area contributed by atoms with Crippen LogP contribution in [0.25, 0.3) is 0 Å². The van der Waals surface area contributed by atoms with Gasteiger partial charge >= 0.3 is 0 Å². The topological polar surface area (TPSA) is 32.7 Å². The van der Waals surface area contributed by atoms with Gasteiger partial charge in [0.25, 0.3) is 0 Å². The van der Waals surface area contributed by atoms with E-state index in [1.54, 1.807) is 7.11 Å². The number of likely N-dealkylation sites (N-methyl/N-ethyl adjacent to an activating group) is 1. The Morgan fingerprint density at radius 2 is 2.25 bits per heavy atom. The Bertz CT molecular complexity index is 390. The highest BCUT2D eigenvalue weighted by molar-refractivity contribution is 5.44. The Morgan fingerprint density at radius 1 is 1.50 bits per heavy atom. The molecule has 1 aliphatic rings. The molecule has 1 aromatic carbocycles. The van der Waals surface area contributed by atoms with Crippen LogP contribution in [0.5, 0.6) is 5.75 Å². The molecule has 1 aliphatic heterocycles. The van der Waals surface area contributed by atoms with Gasteiger partial charge in [-0.05, 0) is 37.1 Å². The minimum atomic E-state index is -0.497. The van der Waals surface area contributed by atoms with Crippen molar-refractivity contribution >= 4 is 0 Å². The van der Waals surface area contributed by atoms with Gasteiger partial charge in [-0.1, -0.05) is 13.0 Å². The van der Waals surface area contributed by atoms with E-state index in [4.69, 9.17) is 4.74 Å². The number of benzene rings is 1. The number of ether oxygens (including phenoxy) is 1. The lowest BCUT2D eigenvalue weighted by Crippen LogP contribution is -2.32. The summed E-state index contributed by atoms with van der Waals surface area (Å²) in [4.78, 5) is 1.95. The van der Waals surface area contributed by atoms with Crippen molar-refractivity contribution in [3.63, 3.8) is 0 Å². The summed E-state index contributed by atoms with van der Waals surface area (Å²) in [7, 11) is 3.62. The summed E-state index contributed by atoms with van der Waals surface area (Å²) in [5, 5.41) is 10.1. The van der Waals surface area contributed by atoms with Gasteiger partial charge in [-0.3, -0.25) is 4.90 Å². The van der Waals surface area contributed by atoms with Gasteiger partial charge in [-0.25, -0.2) is 0 Å². The van der Waals surface area contributed by atoms with Crippen molar-refractivity contribution < 1.29 is 9.84 Å². The molecule has 88 valence electrons. The quantitative estimate of drug-likeness (QED) is 0.825. The zero-order valence-corrected chi connectivity index (χ0v) is 10.2. The first-order valence-corrected chi connectivity index (χ1v) is 5.75. The molecule has 0 amide bonds. The Kier molecular flexibility index (Phi) is 3.17. The summed E-state index contributed by atoms with van der Waals surface area (Å²) in [6, 6.07) is 4.15. The van der Waals surface area contributed by atoms with Crippen LogP contribution >= 0.6 is 0 Å². The van der Waals surface area contributed by atoms with E-state index in [9.17, 15) is 5.11 Å². The van der Waals surface area contributed by atoms with Crippen molar-refractivity contribution in [3.8, 4) is 5.75 Å². The number of aliphatic hydroxyl groups excluding tert-OH is 1. The summed E-state index contributed by atoms with van der Waals surface area (Å²) in [6.45, 7) is 3.03. The van der Waals surface area contributed by atoms with Gasteiger partial charge in [0.15, 0.2) is 0 Å². The maximum absolute atomic E-state index is 10.1. The van der Waals surface area contributed by atoms with Crippen molar-refractivity contribution in [2.24, 2.45) is 0 Å². The van der Waals surface area contributed by atoms with Gasteiger partial charge in [0.1, 0.15) is 12.0 Å². The average Bonchev–Trinajstić information content (AvgIpc) is 2.32. The van der Waals surface area contributed by atoms with Crippen molar-refractivity contribution in [1.82, 2.24) is 4.90 Å². The molecule has 0 aliphatic carbocycles. The molecule has 0 radical (unpaired) electrons. The summed E-state index contributed by atoms with van der Waals surface area (Å²) in [5.41, 5.74) is 3.46. The van der Waals surface area contributed by atoms with E-state index in [2.05, 4.69) is 13.0 Å². The molecule has 0 spiro atoms. The second-order valence-corrected chi connectivity index (χ2v) is 4.32. The largest absolute Gasteiger partial charge is 0.496 e. The van der Waals surface area contributed by atoms with Gasteiger partial charge < -0.3 is 9.84 Å². The molecule has 1 N–H and O–H groups in total. The van der Waals surface area contributed by atoms with Gasteiger partial charge in [-0.15, -0.1) is 0 Å². The second-order valence-electron chi connectivity index (χ2n) is 4.32. The molecule has 1 unspecified atom stereocenters. The van der Waals surface area contributed by atoms with Crippen LogP contribution < -0.4 is 4.74 Å². The standard InChI is InChI=1S/C13H19NO2/c1-4-9-7-10-5-6-14(2)13(15)11(10)8-12(9)16-3/h7-8,13,15H,4-6H2,1-3H3. The normalized spacial score (nSPS) is 20.6. The number of aryl methyl sites for hydroxylation is 1. The Morgan fingerprint density at radius 3 is 2.88 bits per heavy atom. The van der Waals surface area contributed by atoms with Crippen LogP contribution in [0.15, 0.2) is 12.1 Å². The molecular formula is C13H19NO2. The highest BCUT2D eigenvalue weighted by atomic mass is 16.5. The predicted octanol–water partition coefficient (Wildman–Crippen LogP) is 1.74. The van der Waals surface area contributed by atoms with Crippen LogP contribution in [0.2, 0.25) is 0 Å². The van der Waals surface area contributed by atoms with Gasteiger partial charge in [0, 0.05) is 12.1 Å². The molecule has 3 nitrogen and oxygen atoms in total. The fourth-order valence-corrected chi connectivity index (χ4v) is 2.27. The smallest absolute Gasteiger partial charge is 0.133 e. The zero-order valence-electron chi connectivity index (χ0n) is 10.2. The lowest BCUT2D eigenvalue weighted by Gasteiger charge is -2.31. The summed E-state index contributed by atoms with van der Waals surface area (Å²) in [5.74, 6) is 0.885. The number of hydrogen-bond donors (Lipinski definition) is 1. The number of rotatable bonds is 2. The molecule has 1 aromatic rings. The number of fused-ring (bicyclic) bond motifs is 1. The van der Waals surface area contributed by atoms with E-state index in [-0.39, 0.29) is 0 Å². The second kappa shape index (κ2) is 4.44. The summed E-state index contributed by atoms with van der Waals surface area (Å²) < 4.78 is 5.36. The molecule has 2 rings (SSSR count). The lowest BCUT2D eigenvalue weighted by molar-refractivity contribution is 0.0126. The average molecular weight is 221 g/mol. The highest BCUT2D eigenvalue weighted by Gasteiger charge is 2.23. The maximum atomic E-state index is 10.1. The molecule has 3 heteroatoms. The first-order valence-electron chi connectivity index (χ1n) is 5.75. The van der Waals surface area contributed by atoms with E-state index in [0.717, 1.165) is 30.7 Å². The molecule has 0 aromatic heterocycles. The maximum Gasteiger partial charge on any atom is 0.133 e. The van der Waals surface area contributed by atoms with E-state index in [0.29, 0.717) is 0 Å². The third-order valence-electron chi connectivity index (χ3n) is 3.35. The lowest BCUT2D eigenvalue weighted by atomic mass is 9.94. The van der Waals surface area contributed by atoms with Crippen LogP contribution in [0.3, 0.4) is 0 Å². The van der Waals surface area contributed by atoms with E-state index in [1.165, 1.54) is 11.1 Å². The summed E-state index contributed by atoms with van der Waals surface area (Å²) in [6.07, 6.45) is 1.46. The fraction of sp³-hybridized carbons (Fsp3) is 0.538. The minimum absolute atomic E-state index is 0.497. The Balaban J connectivity index is 2.48. The molecule has 16 heavy (non-hydrogen) atoms. The third-order valence-corrected chi connectivity index (χ3v) is 3.35. The van der Waals surface area contributed by atoms with E-state index >= 15 is 0 Å². The van der Waals surface area contributed by atoms with Crippen LogP contribution in [0.4, 0.5) is 0 Å². The predicted molar refractivity (Wildman–Crippen MR) is 63.7 cm³/mol. The first kappa shape index (κ1) is 11.4. The summed E-state index contributed by atoms with van der Waals surface area (Å²) >= 11 is 0. The molecular weight excluding hydrogens is 202 g/mol. The molecule has 1 atom stereocenters. The van der Waals surface area contributed by atoms with Crippen molar-refractivity contribution in [2.75, 3.05) is 20.7 Å². The zero-order chi connectivity index (χ0) is 11.7. The van der Waals surface area contributed by atoms with Crippen LogP contribution in [-0.2, 0) is 12.8 Å². The first-order chi connectivity index (χ1) is 7.67. The van der Waals surface area contributed by atoms with Gasteiger partial charge in [-0.2, -0.15) is 0 Å². The van der Waals surface area contributed by atoms with Crippen LogP contribution in [0.1, 0.15) is 29.8 Å². The molecule has 0 bridgehead atoms. The third kappa shape index (κ3) is 1.81.